The van der Waals surface area contributed by atoms with Gasteiger partial charge in [-0.2, -0.15) is 0 Å². The highest BCUT2D eigenvalue weighted by molar-refractivity contribution is 5.02. The summed E-state index contributed by atoms with van der Waals surface area (Å²) in [5.41, 5.74) is 7.04. The van der Waals surface area contributed by atoms with Crippen LogP contribution < -0.4 is 5.73 Å². The molecule has 2 heteroatoms. The number of rotatable bonds is 5. The van der Waals surface area contributed by atoms with Crippen molar-refractivity contribution in [1.82, 2.24) is 4.90 Å². The van der Waals surface area contributed by atoms with Gasteiger partial charge in [-0.05, 0) is 55.9 Å². The molecule has 106 valence electrons. The largest absolute Gasteiger partial charge is 0.329 e. The second-order valence-corrected chi connectivity index (χ2v) is 7.56. The molecule has 2 aliphatic carbocycles. The smallest absolute Gasteiger partial charge is 0.0357 e. The van der Waals surface area contributed by atoms with Gasteiger partial charge in [0.1, 0.15) is 0 Å². The van der Waals surface area contributed by atoms with Crippen LogP contribution in [0.4, 0.5) is 0 Å². The molecule has 0 aromatic carbocycles. The van der Waals surface area contributed by atoms with Gasteiger partial charge >= 0.3 is 0 Å². The van der Waals surface area contributed by atoms with Crippen molar-refractivity contribution in [3.63, 3.8) is 0 Å². The maximum Gasteiger partial charge on any atom is 0.0357 e. The van der Waals surface area contributed by atoms with E-state index < -0.39 is 0 Å². The number of hydrogen-bond donors (Lipinski definition) is 1. The first-order valence-electron chi connectivity index (χ1n) is 7.88. The highest BCUT2D eigenvalue weighted by Crippen LogP contribution is 2.47. The molecule has 0 radical (unpaired) electrons. The Labute approximate surface area is 113 Å². The Balaban J connectivity index is 2.12. The zero-order chi connectivity index (χ0) is 13.4. The van der Waals surface area contributed by atoms with Crippen LogP contribution in [0.5, 0.6) is 0 Å². The molecule has 2 fully saturated rings. The highest BCUT2D eigenvalue weighted by Gasteiger charge is 2.47. The minimum absolute atomic E-state index is 0.285. The van der Waals surface area contributed by atoms with E-state index in [2.05, 4.69) is 32.6 Å². The van der Waals surface area contributed by atoms with Gasteiger partial charge in [-0.1, -0.05) is 27.7 Å². The second kappa shape index (κ2) is 5.13. The van der Waals surface area contributed by atoms with Crippen molar-refractivity contribution in [2.45, 2.75) is 65.3 Å². The first kappa shape index (κ1) is 14.3. The van der Waals surface area contributed by atoms with Crippen molar-refractivity contribution in [3.8, 4) is 0 Å². The van der Waals surface area contributed by atoms with E-state index in [1.54, 1.807) is 0 Å². The Morgan fingerprint density at radius 2 is 1.89 bits per heavy atom. The van der Waals surface area contributed by atoms with Crippen LogP contribution in [0.1, 0.15) is 59.8 Å². The average molecular weight is 252 g/mol. The lowest BCUT2D eigenvalue weighted by atomic mass is 9.63. The van der Waals surface area contributed by atoms with Gasteiger partial charge in [0, 0.05) is 18.6 Å². The van der Waals surface area contributed by atoms with Crippen LogP contribution in [0.25, 0.3) is 0 Å². The van der Waals surface area contributed by atoms with Crippen molar-refractivity contribution < 1.29 is 0 Å². The summed E-state index contributed by atoms with van der Waals surface area (Å²) in [7, 11) is 0. The van der Waals surface area contributed by atoms with Gasteiger partial charge in [-0.3, -0.25) is 4.90 Å². The van der Waals surface area contributed by atoms with Crippen molar-refractivity contribution in [3.05, 3.63) is 0 Å². The zero-order valence-corrected chi connectivity index (χ0v) is 12.8. The fourth-order valence-electron chi connectivity index (χ4n) is 4.06. The van der Waals surface area contributed by atoms with Crippen LogP contribution in [0.15, 0.2) is 0 Å². The Bertz CT molecular complexity index is 283. The third-order valence-electron chi connectivity index (χ3n) is 5.55. The molecule has 18 heavy (non-hydrogen) atoms. The summed E-state index contributed by atoms with van der Waals surface area (Å²) < 4.78 is 0. The van der Waals surface area contributed by atoms with Gasteiger partial charge in [0.25, 0.3) is 0 Å². The fraction of sp³-hybridized carbons (Fsp3) is 1.00. The summed E-state index contributed by atoms with van der Waals surface area (Å²) >= 11 is 0. The molecule has 2 aliphatic rings. The minimum atomic E-state index is 0.285. The fourth-order valence-corrected chi connectivity index (χ4v) is 4.06. The molecule has 2 unspecified atom stereocenters. The summed E-state index contributed by atoms with van der Waals surface area (Å²) in [4.78, 5) is 2.73. The lowest BCUT2D eigenvalue weighted by molar-refractivity contribution is -0.0220. The van der Waals surface area contributed by atoms with E-state index in [4.69, 9.17) is 5.73 Å². The molecule has 0 amide bonds. The first-order chi connectivity index (χ1) is 8.43. The average Bonchev–Trinajstić information content (AvgIpc) is 3.10. The molecule has 0 aromatic heterocycles. The van der Waals surface area contributed by atoms with E-state index in [0.29, 0.717) is 5.41 Å². The third-order valence-corrected chi connectivity index (χ3v) is 5.55. The first-order valence-corrected chi connectivity index (χ1v) is 7.88. The molecule has 2 saturated carbocycles. The molecule has 2 rings (SSSR count). The molecule has 0 heterocycles. The predicted octanol–water partition coefficient (Wildman–Crippen LogP) is 3.26. The quantitative estimate of drug-likeness (QED) is 0.814. The number of nitrogens with two attached hydrogens (primary N) is 1. The van der Waals surface area contributed by atoms with Gasteiger partial charge in [0.15, 0.2) is 0 Å². The maximum atomic E-state index is 6.25. The molecular weight excluding hydrogens is 220 g/mol. The molecule has 2 N–H and O–H groups in total. The van der Waals surface area contributed by atoms with E-state index in [0.717, 1.165) is 18.4 Å². The van der Waals surface area contributed by atoms with Gasteiger partial charge in [-0.15, -0.1) is 0 Å². The second-order valence-electron chi connectivity index (χ2n) is 7.56. The zero-order valence-electron chi connectivity index (χ0n) is 12.8. The van der Waals surface area contributed by atoms with Gasteiger partial charge < -0.3 is 5.73 Å². The van der Waals surface area contributed by atoms with Crippen LogP contribution in [-0.4, -0.2) is 30.1 Å². The molecule has 0 aliphatic heterocycles. The molecule has 2 atom stereocenters. The Hall–Kier alpha value is -0.0800. The van der Waals surface area contributed by atoms with E-state index in [9.17, 15) is 0 Å². The minimum Gasteiger partial charge on any atom is -0.329 e. The van der Waals surface area contributed by atoms with Crippen molar-refractivity contribution in [2.24, 2.45) is 23.0 Å². The molecule has 0 bridgehead atoms. The van der Waals surface area contributed by atoms with Gasteiger partial charge in [0.2, 0.25) is 0 Å². The number of hydrogen-bond acceptors (Lipinski definition) is 2. The maximum absolute atomic E-state index is 6.25. The lowest BCUT2D eigenvalue weighted by Gasteiger charge is -2.54. The van der Waals surface area contributed by atoms with E-state index in [-0.39, 0.29) is 5.54 Å². The van der Waals surface area contributed by atoms with Crippen molar-refractivity contribution in [2.75, 3.05) is 19.6 Å². The molecule has 0 saturated heterocycles. The van der Waals surface area contributed by atoms with Crippen molar-refractivity contribution >= 4 is 0 Å². The van der Waals surface area contributed by atoms with E-state index in [1.807, 2.05) is 0 Å². The van der Waals surface area contributed by atoms with E-state index >= 15 is 0 Å². The Morgan fingerprint density at radius 1 is 1.22 bits per heavy atom. The monoisotopic (exact) mass is 252 g/mol. The van der Waals surface area contributed by atoms with Crippen LogP contribution in [0.2, 0.25) is 0 Å². The Kier molecular flexibility index (Phi) is 4.08. The molecule has 2 nitrogen and oxygen atoms in total. The summed E-state index contributed by atoms with van der Waals surface area (Å²) in [5, 5.41) is 0. The Morgan fingerprint density at radius 3 is 2.33 bits per heavy atom. The van der Waals surface area contributed by atoms with Crippen LogP contribution >= 0.6 is 0 Å². The molecule has 0 aromatic rings. The normalized spacial score (nSPS) is 36.0. The van der Waals surface area contributed by atoms with Crippen LogP contribution in [0.3, 0.4) is 0 Å². The van der Waals surface area contributed by atoms with E-state index in [1.165, 1.54) is 45.2 Å². The summed E-state index contributed by atoms with van der Waals surface area (Å²) in [6, 6.07) is 0. The molecular formula is C16H32N2. The summed E-state index contributed by atoms with van der Waals surface area (Å²) in [5.74, 6) is 1.69. The third kappa shape index (κ3) is 2.75. The van der Waals surface area contributed by atoms with Crippen LogP contribution in [-0.2, 0) is 0 Å². The van der Waals surface area contributed by atoms with Crippen LogP contribution in [0, 0.1) is 17.3 Å². The highest BCUT2D eigenvalue weighted by atomic mass is 15.2. The predicted molar refractivity (Wildman–Crippen MR) is 78.6 cm³/mol. The molecule has 0 spiro atoms. The SMILES string of the molecule is CCN(CC1CC1)C1(CN)CCC(C)(C)CC1C. The van der Waals surface area contributed by atoms with Gasteiger partial charge in [-0.25, -0.2) is 0 Å². The van der Waals surface area contributed by atoms with Crippen molar-refractivity contribution in [1.29, 1.82) is 0 Å². The summed E-state index contributed by atoms with van der Waals surface area (Å²) in [6.07, 6.45) is 6.83. The topological polar surface area (TPSA) is 29.3 Å². The van der Waals surface area contributed by atoms with Gasteiger partial charge in [0.05, 0.1) is 0 Å². The summed E-state index contributed by atoms with van der Waals surface area (Å²) in [6.45, 7) is 12.9. The number of nitrogens with zero attached hydrogens (tertiary/aromatic N) is 1. The standard InChI is InChI=1S/C16H32N2/c1-5-18(11-14-6-7-14)16(12-17)9-8-15(3,4)10-13(16)2/h13-14H,5-12,17H2,1-4H3. The lowest BCUT2D eigenvalue weighted by Crippen LogP contribution is -2.61. The number of likely N-dealkylation sites (N-methyl/N-ethyl adjacent to an activating group) is 1.